The largest absolute Gasteiger partial charge is 0.337 e. The maximum Gasteiger partial charge on any atom is 0.246 e. The van der Waals surface area contributed by atoms with Gasteiger partial charge < -0.3 is 4.90 Å². The summed E-state index contributed by atoms with van der Waals surface area (Å²) < 4.78 is 14.7. The third-order valence-corrected chi connectivity index (χ3v) is 6.08. The molecular weight excluding hydrogens is 455 g/mol. The summed E-state index contributed by atoms with van der Waals surface area (Å²) in [5.74, 6) is -0.435. The summed E-state index contributed by atoms with van der Waals surface area (Å²) in [7, 11) is 0. The van der Waals surface area contributed by atoms with Crippen molar-refractivity contribution in [1.82, 2.24) is 9.80 Å². The minimum Gasteiger partial charge on any atom is -0.337 e. The van der Waals surface area contributed by atoms with Crippen LogP contribution in [-0.2, 0) is 4.79 Å². The molecule has 3 nitrogen and oxygen atoms in total. The highest BCUT2D eigenvalue weighted by Gasteiger charge is 2.27. The molecule has 0 unspecified atom stereocenters. The molecule has 5 heteroatoms. The highest BCUT2D eigenvalue weighted by Crippen LogP contribution is 2.29. The fourth-order valence-electron chi connectivity index (χ4n) is 3.99. The van der Waals surface area contributed by atoms with Gasteiger partial charge in [0.2, 0.25) is 5.91 Å². The normalized spacial score (nSPS) is 15.0. The molecule has 31 heavy (non-hydrogen) atoms. The second-order valence-electron chi connectivity index (χ2n) is 7.58. The highest BCUT2D eigenvalue weighted by atomic mass is 79.9. The average Bonchev–Trinajstić information content (AvgIpc) is 2.80. The Hall–Kier alpha value is -2.76. The van der Waals surface area contributed by atoms with Crippen molar-refractivity contribution in [3.05, 3.63) is 112 Å². The van der Waals surface area contributed by atoms with Crippen LogP contribution in [0.3, 0.4) is 0 Å². The number of hydrogen-bond acceptors (Lipinski definition) is 2. The van der Waals surface area contributed by atoms with Crippen molar-refractivity contribution in [2.24, 2.45) is 0 Å². The Kier molecular flexibility index (Phi) is 6.95. The number of amides is 1. The molecule has 1 amide bonds. The van der Waals surface area contributed by atoms with E-state index in [0.29, 0.717) is 23.1 Å². The Balaban J connectivity index is 1.44. The topological polar surface area (TPSA) is 23.6 Å². The molecule has 0 radical (unpaired) electrons. The molecule has 0 N–H and O–H groups in total. The molecule has 3 aromatic rings. The predicted octanol–water partition coefficient (Wildman–Crippen LogP) is 5.54. The quantitative estimate of drug-likeness (QED) is 0.449. The lowest BCUT2D eigenvalue weighted by Crippen LogP contribution is -2.49. The molecule has 0 saturated carbocycles. The molecule has 4 rings (SSSR count). The standard InChI is InChI=1S/C26H24BrFN2O/c27-23-13-11-20(24(28)19-23)12-14-25(31)29-15-17-30(18-16-29)26(21-7-3-1-4-8-21)22-9-5-2-6-10-22/h1-14,19,26H,15-18H2/b14-12+. The summed E-state index contributed by atoms with van der Waals surface area (Å²) in [6, 6.07) is 25.9. The third kappa shape index (κ3) is 5.30. The number of carbonyl (C=O) groups is 1. The summed E-state index contributed by atoms with van der Waals surface area (Å²) >= 11 is 3.25. The van der Waals surface area contributed by atoms with E-state index in [2.05, 4.69) is 69.4 Å². The summed E-state index contributed by atoms with van der Waals surface area (Å²) in [6.07, 6.45) is 3.01. The van der Waals surface area contributed by atoms with Gasteiger partial charge in [-0.25, -0.2) is 4.39 Å². The Morgan fingerprint density at radius 1 is 0.871 bits per heavy atom. The van der Waals surface area contributed by atoms with Crippen LogP contribution < -0.4 is 0 Å². The van der Waals surface area contributed by atoms with E-state index >= 15 is 0 Å². The number of benzene rings is 3. The number of hydrogen-bond donors (Lipinski definition) is 0. The summed E-state index contributed by atoms with van der Waals surface area (Å²) in [4.78, 5) is 16.9. The van der Waals surface area contributed by atoms with Gasteiger partial charge in [0.05, 0.1) is 6.04 Å². The molecule has 0 bridgehead atoms. The van der Waals surface area contributed by atoms with Gasteiger partial charge in [-0.2, -0.15) is 0 Å². The van der Waals surface area contributed by atoms with E-state index in [1.165, 1.54) is 23.3 Å². The van der Waals surface area contributed by atoms with Crippen LogP contribution in [-0.4, -0.2) is 41.9 Å². The number of piperazine rings is 1. The van der Waals surface area contributed by atoms with Gasteiger partial charge in [0.25, 0.3) is 0 Å². The zero-order valence-corrected chi connectivity index (χ0v) is 18.7. The molecule has 1 saturated heterocycles. The van der Waals surface area contributed by atoms with Crippen LogP contribution in [0.25, 0.3) is 6.08 Å². The first-order valence-electron chi connectivity index (χ1n) is 10.4. The van der Waals surface area contributed by atoms with E-state index in [0.717, 1.165) is 13.1 Å². The lowest BCUT2D eigenvalue weighted by Gasteiger charge is -2.39. The zero-order valence-electron chi connectivity index (χ0n) is 17.1. The maximum absolute atomic E-state index is 14.0. The van der Waals surface area contributed by atoms with Gasteiger partial charge in [-0.05, 0) is 29.3 Å². The minimum atomic E-state index is -0.350. The van der Waals surface area contributed by atoms with Crippen molar-refractivity contribution in [1.29, 1.82) is 0 Å². The lowest BCUT2D eigenvalue weighted by molar-refractivity contribution is -0.127. The van der Waals surface area contributed by atoms with E-state index in [9.17, 15) is 9.18 Å². The Morgan fingerprint density at radius 2 is 1.45 bits per heavy atom. The first-order chi connectivity index (χ1) is 15.1. The fourth-order valence-corrected chi connectivity index (χ4v) is 4.32. The van der Waals surface area contributed by atoms with E-state index in [-0.39, 0.29) is 17.8 Å². The first kappa shape index (κ1) is 21.5. The summed E-state index contributed by atoms with van der Waals surface area (Å²) in [5, 5.41) is 0. The Labute approximate surface area is 190 Å². The fraction of sp³-hybridized carbons (Fsp3) is 0.192. The molecule has 3 aromatic carbocycles. The van der Waals surface area contributed by atoms with E-state index in [4.69, 9.17) is 0 Å². The minimum absolute atomic E-state index is 0.0852. The predicted molar refractivity (Wildman–Crippen MR) is 126 cm³/mol. The summed E-state index contributed by atoms with van der Waals surface area (Å²) in [5.41, 5.74) is 2.90. The van der Waals surface area contributed by atoms with E-state index in [1.807, 2.05) is 17.0 Å². The Morgan fingerprint density at radius 3 is 2.00 bits per heavy atom. The van der Waals surface area contributed by atoms with Crippen LogP contribution in [0, 0.1) is 5.82 Å². The van der Waals surface area contributed by atoms with Gasteiger partial charge >= 0.3 is 0 Å². The SMILES string of the molecule is O=C(/C=C/c1ccc(Br)cc1F)N1CCN(C(c2ccccc2)c2ccccc2)CC1. The van der Waals surface area contributed by atoms with Gasteiger partial charge in [0.1, 0.15) is 5.82 Å². The van der Waals surface area contributed by atoms with Crippen molar-refractivity contribution >= 4 is 27.9 Å². The van der Waals surface area contributed by atoms with E-state index in [1.54, 1.807) is 18.2 Å². The smallest absolute Gasteiger partial charge is 0.246 e. The second kappa shape index (κ2) is 10.0. The molecular formula is C26H24BrFN2O. The van der Waals surface area contributed by atoms with Crippen LogP contribution >= 0.6 is 15.9 Å². The summed E-state index contributed by atoms with van der Waals surface area (Å²) in [6.45, 7) is 2.84. The van der Waals surface area contributed by atoms with Crippen LogP contribution in [0.15, 0.2) is 89.4 Å². The molecule has 0 spiro atoms. The molecule has 158 valence electrons. The second-order valence-corrected chi connectivity index (χ2v) is 8.50. The molecule has 0 atom stereocenters. The molecule has 0 aliphatic carbocycles. The zero-order chi connectivity index (χ0) is 21.6. The van der Waals surface area contributed by atoms with Gasteiger partial charge in [0, 0.05) is 42.3 Å². The van der Waals surface area contributed by atoms with Crippen molar-refractivity contribution in [3.8, 4) is 0 Å². The van der Waals surface area contributed by atoms with Gasteiger partial charge in [-0.1, -0.05) is 82.7 Å². The molecule has 1 fully saturated rings. The van der Waals surface area contributed by atoms with E-state index < -0.39 is 0 Å². The molecule has 1 aliphatic heterocycles. The van der Waals surface area contributed by atoms with Gasteiger partial charge in [-0.15, -0.1) is 0 Å². The van der Waals surface area contributed by atoms with Crippen LogP contribution in [0.2, 0.25) is 0 Å². The third-order valence-electron chi connectivity index (χ3n) is 5.59. The first-order valence-corrected chi connectivity index (χ1v) is 11.2. The Bertz CT molecular complexity index is 1010. The monoisotopic (exact) mass is 478 g/mol. The van der Waals surface area contributed by atoms with Crippen molar-refractivity contribution in [3.63, 3.8) is 0 Å². The number of carbonyl (C=O) groups excluding carboxylic acids is 1. The van der Waals surface area contributed by atoms with Crippen LogP contribution in [0.4, 0.5) is 4.39 Å². The number of nitrogens with zero attached hydrogens (tertiary/aromatic N) is 2. The molecule has 1 aliphatic rings. The van der Waals surface area contributed by atoms with Crippen molar-refractivity contribution in [2.75, 3.05) is 26.2 Å². The average molecular weight is 479 g/mol. The number of halogens is 2. The van der Waals surface area contributed by atoms with Crippen molar-refractivity contribution < 1.29 is 9.18 Å². The molecule has 1 heterocycles. The number of rotatable bonds is 5. The lowest BCUT2D eigenvalue weighted by atomic mass is 9.96. The molecule has 0 aromatic heterocycles. The maximum atomic E-state index is 14.0. The highest BCUT2D eigenvalue weighted by molar-refractivity contribution is 9.10. The van der Waals surface area contributed by atoms with Crippen LogP contribution in [0.1, 0.15) is 22.7 Å². The van der Waals surface area contributed by atoms with Crippen LogP contribution in [0.5, 0.6) is 0 Å². The van der Waals surface area contributed by atoms with Crippen molar-refractivity contribution in [2.45, 2.75) is 6.04 Å². The van der Waals surface area contributed by atoms with Gasteiger partial charge in [-0.3, -0.25) is 9.69 Å². The van der Waals surface area contributed by atoms with Gasteiger partial charge in [0.15, 0.2) is 0 Å².